The first-order valence-corrected chi connectivity index (χ1v) is 22.1. The highest BCUT2D eigenvalue weighted by molar-refractivity contribution is 6.08. The molecule has 2 aliphatic carbocycles. The van der Waals surface area contributed by atoms with Gasteiger partial charge in [0.15, 0.2) is 0 Å². The number of hydrogen-bond donors (Lipinski definition) is 0. The number of hydrogen-bond acceptors (Lipinski definition) is 4. The van der Waals surface area contributed by atoms with Crippen LogP contribution >= 0.6 is 0 Å². The van der Waals surface area contributed by atoms with Crippen LogP contribution in [0.4, 0.5) is 39.2 Å². The lowest BCUT2D eigenvalue weighted by Crippen LogP contribution is -2.31. The second-order valence-electron chi connectivity index (χ2n) is 17.6. The van der Waals surface area contributed by atoms with Gasteiger partial charge in [0.1, 0.15) is 17.2 Å². The number of anilines is 6. The van der Waals surface area contributed by atoms with Gasteiger partial charge in [-0.2, -0.15) is 0 Å². The summed E-state index contributed by atoms with van der Waals surface area (Å²) in [6.45, 7) is 5.80. The zero-order chi connectivity index (χ0) is 43.4. The fraction of sp³-hybridized carbons (Fsp3) is 0.102. The second kappa shape index (κ2) is 15.8. The monoisotopic (exact) mass is 829 g/mol. The minimum absolute atomic E-state index is 0.485. The normalized spacial score (nSPS) is 12.2. The van der Waals surface area contributed by atoms with E-state index in [0.717, 1.165) is 57.8 Å². The zero-order valence-corrected chi connectivity index (χ0v) is 36.2. The van der Waals surface area contributed by atoms with E-state index in [-0.39, 0.29) is 0 Å². The van der Waals surface area contributed by atoms with E-state index in [9.17, 15) is 0 Å². The molecule has 2 aliphatic rings. The minimum Gasteiger partial charge on any atom is -0.443 e. The molecule has 64 heavy (non-hydrogen) atoms. The molecule has 0 saturated heterocycles. The van der Waals surface area contributed by atoms with Gasteiger partial charge in [-0.05, 0) is 138 Å². The van der Waals surface area contributed by atoms with Crippen LogP contribution in [0.3, 0.4) is 0 Å². The summed E-state index contributed by atoms with van der Waals surface area (Å²) in [5, 5.41) is 0. The first-order valence-electron chi connectivity index (χ1n) is 22.1. The van der Waals surface area contributed by atoms with E-state index in [1.807, 2.05) is 49.6 Å². The van der Waals surface area contributed by atoms with Crippen LogP contribution in [-0.4, -0.2) is 16.3 Å². The van der Waals surface area contributed by atoms with Gasteiger partial charge in [0.2, 0.25) is 0 Å². The number of para-hydroxylation sites is 2. The number of fused-ring (bicyclic) bond motifs is 6. The standard InChI is InChI=1S/C59H47N3O2/c1-59(2,3)64-58(63)62-56(60(46-26-12-6-13-27-46)48-32-34-52-44(38-48)36-42-24-16-18-30-50(42)52)54(40-20-8-4-9-21-40)55(41-22-10-5-11-23-41)57(62)61(47-28-14-7-15-29-47)49-33-35-53-45(39-49)37-43-25-17-19-31-51(43)53/h4-35,38-39H,36-37H2,1-3H3. The number of benzene rings is 8. The molecule has 310 valence electrons. The Bertz CT molecular complexity index is 2980. The van der Waals surface area contributed by atoms with Crippen LogP contribution in [0.2, 0.25) is 0 Å². The summed E-state index contributed by atoms with van der Waals surface area (Å²) < 4.78 is 8.44. The van der Waals surface area contributed by atoms with Crippen molar-refractivity contribution in [2.45, 2.75) is 39.2 Å². The Balaban J connectivity index is 1.28. The lowest BCUT2D eigenvalue weighted by atomic mass is 9.96. The maximum Gasteiger partial charge on any atom is 0.421 e. The summed E-state index contributed by atoms with van der Waals surface area (Å²) in [6, 6.07) is 72.6. The first kappa shape index (κ1) is 39.0. The third kappa shape index (κ3) is 6.86. The molecular weight excluding hydrogens is 783 g/mol. The van der Waals surface area contributed by atoms with Crippen LogP contribution in [0.5, 0.6) is 0 Å². The number of aromatic nitrogens is 1. The van der Waals surface area contributed by atoms with Gasteiger partial charge < -0.3 is 4.74 Å². The summed E-state index contributed by atoms with van der Waals surface area (Å²) >= 11 is 0. The summed E-state index contributed by atoms with van der Waals surface area (Å²) in [7, 11) is 0. The van der Waals surface area contributed by atoms with Gasteiger partial charge in [-0.25, -0.2) is 9.36 Å². The molecule has 0 amide bonds. The molecule has 5 nitrogen and oxygen atoms in total. The fourth-order valence-electron chi connectivity index (χ4n) is 9.69. The Morgan fingerprint density at radius 3 is 1.19 bits per heavy atom. The van der Waals surface area contributed by atoms with Gasteiger partial charge in [0.25, 0.3) is 0 Å². The molecule has 0 bridgehead atoms. The van der Waals surface area contributed by atoms with Crippen LogP contribution in [0.1, 0.15) is 43.0 Å². The van der Waals surface area contributed by atoms with Crippen molar-refractivity contribution < 1.29 is 9.53 Å². The first-order chi connectivity index (χ1) is 31.3. The highest BCUT2D eigenvalue weighted by Crippen LogP contribution is 2.56. The Kier molecular flexibility index (Phi) is 9.62. The van der Waals surface area contributed by atoms with Crippen molar-refractivity contribution >= 4 is 40.5 Å². The van der Waals surface area contributed by atoms with Crippen LogP contribution in [-0.2, 0) is 17.6 Å². The molecule has 9 aromatic rings. The predicted molar refractivity (Wildman–Crippen MR) is 263 cm³/mol. The number of ether oxygens (including phenoxy) is 1. The molecule has 0 fully saturated rings. The Morgan fingerprint density at radius 2 is 0.781 bits per heavy atom. The van der Waals surface area contributed by atoms with Crippen LogP contribution in [0.15, 0.2) is 206 Å². The van der Waals surface area contributed by atoms with E-state index in [4.69, 9.17) is 4.74 Å². The largest absolute Gasteiger partial charge is 0.443 e. The molecule has 11 rings (SSSR count). The lowest BCUT2D eigenvalue weighted by Gasteiger charge is -2.32. The van der Waals surface area contributed by atoms with Gasteiger partial charge in [0.05, 0.1) is 0 Å². The molecule has 0 spiro atoms. The molecule has 1 aromatic heterocycles. The summed E-state index contributed by atoms with van der Waals surface area (Å²) in [4.78, 5) is 20.3. The van der Waals surface area contributed by atoms with E-state index in [1.165, 1.54) is 44.5 Å². The van der Waals surface area contributed by atoms with Gasteiger partial charge in [-0.3, -0.25) is 9.80 Å². The van der Waals surface area contributed by atoms with Crippen molar-refractivity contribution in [3.63, 3.8) is 0 Å². The SMILES string of the molecule is CC(C)(C)OC(=O)n1c(N(c2ccccc2)c2ccc3c(c2)Cc2ccccc2-3)c(-c2ccccc2)c(-c2ccccc2)c1N(c1ccccc1)c1ccc2c(c1)Cc1ccccc1-2. The van der Waals surface area contributed by atoms with Gasteiger partial charge in [0, 0.05) is 33.9 Å². The summed E-state index contributed by atoms with van der Waals surface area (Å²) in [6.07, 6.45) is 1.16. The minimum atomic E-state index is -0.816. The Labute approximate surface area is 375 Å². The molecule has 0 radical (unpaired) electrons. The maximum absolute atomic E-state index is 15.8. The number of rotatable bonds is 8. The third-order valence-electron chi connectivity index (χ3n) is 12.3. The number of carbonyl (C=O) groups excluding carboxylic acids is 1. The average molecular weight is 830 g/mol. The average Bonchev–Trinajstić information content (AvgIpc) is 3.99. The van der Waals surface area contributed by atoms with E-state index in [2.05, 4.69) is 192 Å². The molecule has 1 heterocycles. The van der Waals surface area contributed by atoms with Crippen molar-refractivity contribution in [3.8, 4) is 44.5 Å². The van der Waals surface area contributed by atoms with Crippen molar-refractivity contribution in [2.75, 3.05) is 9.80 Å². The van der Waals surface area contributed by atoms with E-state index < -0.39 is 11.7 Å². The van der Waals surface area contributed by atoms with Gasteiger partial charge >= 0.3 is 6.09 Å². The predicted octanol–water partition coefficient (Wildman–Crippen LogP) is 15.7. The van der Waals surface area contributed by atoms with Crippen LogP contribution in [0.25, 0.3) is 44.5 Å². The van der Waals surface area contributed by atoms with Crippen LogP contribution in [0, 0.1) is 0 Å². The smallest absolute Gasteiger partial charge is 0.421 e. The molecule has 0 N–H and O–H groups in total. The molecule has 0 aliphatic heterocycles. The lowest BCUT2D eigenvalue weighted by molar-refractivity contribution is 0.0543. The van der Waals surface area contributed by atoms with Gasteiger partial charge in [-0.15, -0.1) is 0 Å². The van der Waals surface area contributed by atoms with Crippen molar-refractivity contribution in [2.24, 2.45) is 0 Å². The molecule has 0 atom stereocenters. The Morgan fingerprint density at radius 1 is 0.422 bits per heavy atom. The molecule has 0 unspecified atom stereocenters. The van der Waals surface area contributed by atoms with E-state index >= 15 is 4.79 Å². The van der Waals surface area contributed by atoms with Crippen molar-refractivity contribution in [3.05, 3.63) is 229 Å². The molecule has 5 heteroatoms. The van der Waals surface area contributed by atoms with Crippen LogP contribution < -0.4 is 9.80 Å². The molecule has 8 aromatic carbocycles. The highest BCUT2D eigenvalue weighted by Gasteiger charge is 2.38. The number of nitrogens with zero attached hydrogens (tertiary/aromatic N) is 3. The van der Waals surface area contributed by atoms with E-state index in [1.54, 1.807) is 0 Å². The van der Waals surface area contributed by atoms with Crippen molar-refractivity contribution in [1.29, 1.82) is 0 Å². The zero-order valence-electron chi connectivity index (χ0n) is 36.2. The highest BCUT2D eigenvalue weighted by atomic mass is 16.6. The van der Waals surface area contributed by atoms with Crippen molar-refractivity contribution in [1.82, 2.24) is 4.57 Å². The number of carbonyl (C=O) groups is 1. The van der Waals surface area contributed by atoms with Gasteiger partial charge in [-0.1, -0.05) is 158 Å². The summed E-state index contributed by atoms with van der Waals surface area (Å²) in [5.74, 6) is 1.34. The topological polar surface area (TPSA) is 37.7 Å². The summed E-state index contributed by atoms with van der Waals surface area (Å²) in [5.41, 5.74) is 16.7. The molecular formula is C59H47N3O2. The quantitative estimate of drug-likeness (QED) is 0.153. The fourth-order valence-corrected chi connectivity index (χ4v) is 9.69. The van der Waals surface area contributed by atoms with E-state index in [0.29, 0.717) is 11.6 Å². The Hall–Kier alpha value is -7.89. The second-order valence-corrected chi connectivity index (χ2v) is 17.6. The third-order valence-corrected chi connectivity index (χ3v) is 12.3. The molecule has 0 saturated carbocycles. The maximum atomic E-state index is 15.8.